The Kier molecular flexibility index (Phi) is 1.17. The third-order valence-corrected chi connectivity index (χ3v) is 1.71. The van der Waals surface area contributed by atoms with Crippen LogP contribution in [0.1, 0.15) is 0 Å². The highest BCUT2D eigenvalue weighted by atomic mass is 79.9. The molecule has 0 amide bonds. The third-order valence-electron chi connectivity index (χ3n) is 1.15. The molecular formula is C5H3BrN4. The van der Waals surface area contributed by atoms with Gasteiger partial charge in [0.05, 0.1) is 0 Å². The zero-order valence-corrected chi connectivity index (χ0v) is 6.46. The minimum atomic E-state index is 0.703. The van der Waals surface area contributed by atoms with Gasteiger partial charge in [-0.05, 0) is 15.9 Å². The second-order valence-electron chi connectivity index (χ2n) is 1.77. The van der Waals surface area contributed by atoms with Gasteiger partial charge < -0.3 is 0 Å². The first-order valence-electron chi connectivity index (χ1n) is 2.68. The average Bonchev–Trinajstić information content (AvgIpc) is 2.34. The summed E-state index contributed by atoms with van der Waals surface area (Å²) in [5.74, 6) is 0. The van der Waals surface area contributed by atoms with Crippen LogP contribution in [0.3, 0.4) is 0 Å². The van der Waals surface area contributed by atoms with E-state index >= 15 is 0 Å². The second kappa shape index (κ2) is 2.02. The molecule has 0 saturated carbocycles. The monoisotopic (exact) mass is 198 g/mol. The van der Waals surface area contributed by atoms with E-state index < -0.39 is 0 Å². The number of H-pyrrole nitrogens is 1. The van der Waals surface area contributed by atoms with Gasteiger partial charge in [-0.15, -0.1) is 0 Å². The molecule has 0 bridgehead atoms. The quantitative estimate of drug-likeness (QED) is 0.691. The Bertz CT molecular complexity index is 355. The predicted molar refractivity (Wildman–Crippen MR) is 39.4 cm³/mol. The van der Waals surface area contributed by atoms with Gasteiger partial charge >= 0.3 is 0 Å². The van der Waals surface area contributed by atoms with E-state index in [0.717, 1.165) is 5.52 Å². The zero-order valence-electron chi connectivity index (χ0n) is 4.87. The SMILES string of the molecule is Brc1n[nH]c2nccnc12. The standard InChI is InChI=1S/C5H3BrN4/c6-4-3-5(10-9-4)8-2-1-7-3/h1-2H,(H,8,9,10). The number of nitrogens with one attached hydrogen (secondary N) is 1. The van der Waals surface area contributed by atoms with Gasteiger partial charge in [0.1, 0.15) is 5.52 Å². The van der Waals surface area contributed by atoms with E-state index in [0.29, 0.717) is 10.3 Å². The Morgan fingerprint density at radius 3 is 2.90 bits per heavy atom. The summed E-state index contributed by atoms with van der Waals surface area (Å²) in [7, 11) is 0. The minimum absolute atomic E-state index is 0.703. The number of hydrogen-bond donors (Lipinski definition) is 1. The van der Waals surface area contributed by atoms with Gasteiger partial charge in [0, 0.05) is 12.4 Å². The summed E-state index contributed by atoms with van der Waals surface area (Å²) in [6, 6.07) is 0. The number of hydrogen-bond acceptors (Lipinski definition) is 3. The molecule has 0 unspecified atom stereocenters. The molecule has 2 rings (SSSR count). The van der Waals surface area contributed by atoms with E-state index in [4.69, 9.17) is 0 Å². The number of nitrogens with zero attached hydrogens (tertiary/aromatic N) is 3. The Labute approximate surface area is 64.8 Å². The Hall–Kier alpha value is -0.970. The molecule has 0 saturated heterocycles. The number of rotatable bonds is 0. The lowest BCUT2D eigenvalue weighted by atomic mass is 10.6. The molecule has 0 aliphatic carbocycles. The minimum Gasteiger partial charge on any atom is -0.258 e. The largest absolute Gasteiger partial charge is 0.258 e. The Balaban J connectivity index is 2.93. The average molecular weight is 199 g/mol. The summed E-state index contributed by atoms with van der Waals surface area (Å²) in [6.07, 6.45) is 3.25. The van der Waals surface area contributed by atoms with Crippen LogP contribution >= 0.6 is 15.9 Å². The highest BCUT2D eigenvalue weighted by Gasteiger charge is 2.01. The van der Waals surface area contributed by atoms with Crippen molar-refractivity contribution >= 4 is 27.1 Å². The van der Waals surface area contributed by atoms with Gasteiger partial charge in [-0.1, -0.05) is 0 Å². The van der Waals surface area contributed by atoms with Crippen molar-refractivity contribution in [3.05, 3.63) is 17.0 Å². The number of aromatic amines is 1. The molecule has 2 aromatic heterocycles. The first-order chi connectivity index (χ1) is 4.88. The van der Waals surface area contributed by atoms with Crippen LogP contribution in [0.2, 0.25) is 0 Å². The molecule has 0 aliphatic heterocycles. The number of aromatic nitrogens is 4. The molecular weight excluding hydrogens is 196 g/mol. The van der Waals surface area contributed by atoms with Gasteiger partial charge in [-0.25, -0.2) is 9.97 Å². The fourth-order valence-electron chi connectivity index (χ4n) is 0.726. The Morgan fingerprint density at radius 1 is 1.30 bits per heavy atom. The van der Waals surface area contributed by atoms with Crippen LogP contribution < -0.4 is 0 Å². The van der Waals surface area contributed by atoms with Crippen molar-refractivity contribution in [2.75, 3.05) is 0 Å². The molecule has 0 fully saturated rings. The summed E-state index contributed by atoms with van der Waals surface area (Å²) in [6.45, 7) is 0. The van der Waals surface area contributed by atoms with Crippen molar-refractivity contribution in [1.29, 1.82) is 0 Å². The topological polar surface area (TPSA) is 54.5 Å². The number of fused-ring (bicyclic) bond motifs is 1. The van der Waals surface area contributed by atoms with Crippen molar-refractivity contribution in [3.63, 3.8) is 0 Å². The van der Waals surface area contributed by atoms with Crippen molar-refractivity contribution in [3.8, 4) is 0 Å². The molecule has 4 nitrogen and oxygen atoms in total. The van der Waals surface area contributed by atoms with Crippen LogP contribution in [0, 0.1) is 0 Å². The van der Waals surface area contributed by atoms with E-state index in [-0.39, 0.29) is 0 Å². The van der Waals surface area contributed by atoms with Crippen LogP contribution in [0.5, 0.6) is 0 Å². The fraction of sp³-hybridized carbons (Fsp3) is 0. The van der Waals surface area contributed by atoms with Crippen molar-refractivity contribution in [1.82, 2.24) is 20.2 Å². The van der Waals surface area contributed by atoms with Gasteiger partial charge in [-0.2, -0.15) is 5.10 Å². The van der Waals surface area contributed by atoms with Crippen LogP contribution in [0.4, 0.5) is 0 Å². The number of halogens is 1. The van der Waals surface area contributed by atoms with Gasteiger partial charge in [-0.3, -0.25) is 5.10 Å². The van der Waals surface area contributed by atoms with Gasteiger partial charge in [0.25, 0.3) is 0 Å². The lowest BCUT2D eigenvalue weighted by Crippen LogP contribution is -1.76. The maximum Gasteiger partial charge on any atom is 0.175 e. The van der Waals surface area contributed by atoms with E-state index in [1.807, 2.05) is 0 Å². The molecule has 0 radical (unpaired) electrons. The molecule has 5 heteroatoms. The normalized spacial score (nSPS) is 10.5. The van der Waals surface area contributed by atoms with E-state index in [1.165, 1.54) is 0 Å². The Morgan fingerprint density at radius 2 is 2.10 bits per heavy atom. The summed E-state index contributed by atoms with van der Waals surface area (Å²) in [5, 5.41) is 6.58. The van der Waals surface area contributed by atoms with E-state index in [9.17, 15) is 0 Å². The third kappa shape index (κ3) is 0.706. The highest BCUT2D eigenvalue weighted by molar-refractivity contribution is 9.10. The molecule has 0 aliphatic rings. The lowest BCUT2D eigenvalue weighted by Gasteiger charge is -1.82. The van der Waals surface area contributed by atoms with Crippen molar-refractivity contribution < 1.29 is 0 Å². The predicted octanol–water partition coefficient (Wildman–Crippen LogP) is 1.12. The van der Waals surface area contributed by atoms with Gasteiger partial charge in [0.2, 0.25) is 0 Å². The van der Waals surface area contributed by atoms with Crippen molar-refractivity contribution in [2.24, 2.45) is 0 Å². The smallest absolute Gasteiger partial charge is 0.175 e. The first-order valence-corrected chi connectivity index (χ1v) is 3.48. The summed E-state index contributed by atoms with van der Waals surface area (Å²) in [5.41, 5.74) is 1.47. The molecule has 2 heterocycles. The molecule has 50 valence electrons. The summed E-state index contributed by atoms with van der Waals surface area (Å²) >= 11 is 3.22. The maximum absolute atomic E-state index is 4.04. The summed E-state index contributed by atoms with van der Waals surface area (Å²) in [4.78, 5) is 8.03. The van der Waals surface area contributed by atoms with E-state index in [1.54, 1.807) is 12.4 Å². The molecule has 0 atom stereocenters. The molecule has 1 N–H and O–H groups in total. The van der Waals surface area contributed by atoms with Crippen LogP contribution in [-0.2, 0) is 0 Å². The lowest BCUT2D eigenvalue weighted by molar-refractivity contribution is 1.08. The molecule has 2 aromatic rings. The maximum atomic E-state index is 4.04. The molecule has 0 spiro atoms. The molecule has 0 aromatic carbocycles. The van der Waals surface area contributed by atoms with Crippen LogP contribution in [0.25, 0.3) is 11.2 Å². The summed E-state index contributed by atoms with van der Waals surface area (Å²) < 4.78 is 0.704. The zero-order chi connectivity index (χ0) is 6.97. The fourth-order valence-corrected chi connectivity index (χ4v) is 1.10. The van der Waals surface area contributed by atoms with Gasteiger partial charge in [0.15, 0.2) is 10.3 Å². The first kappa shape index (κ1) is 5.79. The molecule has 10 heavy (non-hydrogen) atoms. The van der Waals surface area contributed by atoms with Crippen LogP contribution in [0.15, 0.2) is 17.0 Å². The highest BCUT2D eigenvalue weighted by Crippen LogP contribution is 2.14. The second-order valence-corrected chi connectivity index (χ2v) is 2.52. The van der Waals surface area contributed by atoms with Crippen LogP contribution in [-0.4, -0.2) is 20.2 Å². The van der Waals surface area contributed by atoms with E-state index in [2.05, 4.69) is 36.1 Å². The van der Waals surface area contributed by atoms with Crippen molar-refractivity contribution in [2.45, 2.75) is 0 Å².